The third kappa shape index (κ3) is 6.20. The average molecular weight is 388 g/mol. The van der Waals surface area contributed by atoms with Crippen LogP contribution in [0.3, 0.4) is 0 Å². The zero-order valence-corrected chi connectivity index (χ0v) is 18.7. The zero-order valence-electron chi connectivity index (χ0n) is 18.7. The van der Waals surface area contributed by atoms with Gasteiger partial charge in [-0.3, -0.25) is 4.90 Å². The summed E-state index contributed by atoms with van der Waals surface area (Å²) in [5.41, 5.74) is 1.27. The minimum absolute atomic E-state index is 0.395. The van der Waals surface area contributed by atoms with Crippen molar-refractivity contribution in [1.29, 1.82) is 0 Å². The molecule has 0 radical (unpaired) electrons. The summed E-state index contributed by atoms with van der Waals surface area (Å²) in [6.07, 6.45) is 5.48. The predicted octanol–water partition coefficient (Wildman–Crippen LogP) is 4.08. The van der Waals surface area contributed by atoms with Gasteiger partial charge in [-0.05, 0) is 78.0 Å². The average Bonchev–Trinajstić information content (AvgIpc) is 3.00. The van der Waals surface area contributed by atoms with Crippen LogP contribution in [0, 0.1) is 6.92 Å². The van der Waals surface area contributed by atoms with Crippen molar-refractivity contribution in [2.75, 3.05) is 26.2 Å². The lowest BCUT2D eigenvalue weighted by molar-refractivity contribution is 0.0843. The number of ether oxygens (including phenoxy) is 1. The molecule has 28 heavy (non-hydrogen) atoms. The number of rotatable bonds is 4. The molecule has 2 bridgehead atoms. The van der Waals surface area contributed by atoms with Crippen LogP contribution in [0.15, 0.2) is 24.3 Å². The maximum Gasteiger partial charge on any atom is 0.119 e. The van der Waals surface area contributed by atoms with Crippen molar-refractivity contribution >= 4 is 0 Å². The number of aryl methyl sites for hydroxylation is 1. The summed E-state index contributed by atoms with van der Waals surface area (Å²) >= 11 is 0. The fraction of sp³-hybridized carbons (Fsp3) is 0.750. The smallest absolute Gasteiger partial charge is 0.119 e. The highest BCUT2D eigenvalue weighted by Crippen LogP contribution is 2.22. The second kappa shape index (κ2) is 10.1. The molecule has 0 unspecified atom stereocenters. The summed E-state index contributed by atoms with van der Waals surface area (Å²) < 4.78 is 6.04. The number of nitrogens with zero attached hydrogens (tertiary/aromatic N) is 2. The standard InChI is InChI=1S/C15H23NO.C9H18N2/c1-12(2)16-9-7-14(8-10-16)17-15-6-4-5-13(3)11-15;1-7(2)11-5-8-3-4-9(6-11)10-8/h4-6,11-12,14H,7-10H2,1-3H3;7-10H,3-6H2,1-2H3/t;8-,9+. The van der Waals surface area contributed by atoms with Gasteiger partial charge >= 0.3 is 0 Å². The highest BCUT2D eigenvalue weighted by atomic mass is 16.5. The molecule has 0 saturated carbocycles. The first kappa shape index (κ1) is 21.6. The molecule has 2 atom stereocenters. The second-order valence-electron chi connectivity index (χ2n) is 9.45. The van der Waals surface area contributed by atoms with Gasteiger partial charge in [0.1, 0.15) is 11.9 Å². The Hall–Kier alpha value is -1.10. The van der Waals surface area contributed by atoms with E-state index in [2.05, 4.69) is 74.0 Å². The largest absolute Gasteiger partial charge is 0.490 e. The van der Waals surface area contributed by atoms with Gasteiger partial charge in [0.2, 0.25) is 0 Å². The summed E-state index contributed by atoms with van der Waals surface area (Å²) in [4.78, 5) is 5.12. The first-order valence-electron chi connectivity index (χ1n) is 11.4. The van der Waals surface area contributed by atoms with Crippen molar-refractivity contribution in [3.63, 3.8) is 0 Å². The lowest BCUT2D eigenvalue weighted by Gasteiger charge is -2.35. The van der Waals surface area contributed by atoms with Crippen molar-refractivity contribution in [2.24, 2.45) is 0 Å². The summed E-state index contributed by atoms with van der Waals surface area (Å²) in [7, 11) is 0. The maximum atomic E-state index is 6.04. The number of benzene rings is 1. The first-order chi connectivity index (χ1) is 13.4. The van der Waals surface area contributed by atoms with E-state index in [0.717, 1.165) is 49.8 Å². The van der Waals surface area contributed by atoms with E-state index in [4.69, 9.17) is 4.74 Å². The first-order valence-corrected chi connectivity index (χ1v) is 11.4. The Balaban J connectivity index is 0.000000176. The summed E-state index contributed by atoms with van der Waals surface area (Å²) in [6.45, 7) is 16.1. The molecule has 4 rings (SSSR count). The van der Waals surface area contributed by atoms with Gasteiger partial charge in [-0.1, -0.05) is 12.1 Å². The van der Waals surface area contributed by atoms with E-state index < -0.39 is 0 Å². The molecule has 3 fully saturated rings. The Kier molecular flexibility index (Phi) is 7.78. The van der Waals surface area contributed by atoms with Crippen LogP contribution in [-0.4, -0.2) is 66.3 Å². The third-order valence-electron chi connectivity index (χ3n) is 6.47. The van der Waals surface area contributed by atoms with Crippen molar-refractivity contribution in [1.82, 2.24) is 15.1 Å². The molecule has 1 N–H and O–H groups in total. The number of nitrogens with one attached hydrogen (secondary N) is 1. The Morgan fingerprint density at radius 3 is 2.04 bits per heavy atom. The Labute approximate surface area is 172 Å². The van der Waals surface area contributed by atoms with E-state index >= 15 is 0 Å². The molecule has 1 aromatic carbocycles. The van der Waals surface area contributed by atoms with Crippen LogP contribution >= 0.6 is 0 Å². The molecular weight excluding hydrogens is 346 g/mol. The van der Waals surface area contributed by atoms with Crippen LogP contribution in [0.25, 0.3) is 0 Å². The van der Waals surface area contributed by atoms with Crippen molar-refractivity contribution < 1.29 is 4.74 Å². The number of hydrogen-bond acceptors (Lipinski definition) is 4. The fourth-order valence-corrected chi connectivity index (χ4v) is 4.64. The SMILES string of the molecule is CC(C)N1C[C@H]2CC[C@@H](C1)N2.Cc1cccc(OC2CCN(C(C)C)CC2)c1. The van der Waals surface area contributed by atoms with Crippen LogP contribution < -0.4 is 10.1 Å². The zero-order chi connectivity index (χ0) is 20.1. The normalized spacial score (nSPS) is 26.4. The summed E-state index contributed by atoms with van der Waals surface area (Å²) in [5, 5.41) is 3.63. The highest BCUT2D eigenvalue weighted by Gasteiger charge is 2.32. The number of piperidine rings is 1. The minimum atomic E-state index is 0.395. The van der Waals surface area contributed by atoms with Gasteiger partial charge in [0.05, 0.1) is 0 Å². The Bertz CT molecular complexity index is 583. The quantitative estimate of drug-likeness (QED) is 0.843. The molecule has 0 spiro atoms. The number of piperazine rings is 1. The molecule has 1 aromatic rings. The second-order valence-corrected chi connectivity index (χ2v) is 9.45. The highest BCUT2D eigenvalue weighted by molar-refractivity contribution is 5.27. The predicted molar refractivity (Wildman–Crippen MR) is 118 cm³/mol. The number of hydrogen-bond donors (Lipinski definition) is 1. The molecular formula is C24H41N3O. The minimum Gasteiger partial charge on any atom is -0.490 e. The molecule has 3 heterocycles. The van der Waals surface area contributed by atoms with Gasteiger partial charge in [-0.15, -0.1) is 0 Å². The Morgan fingerprint density at radius 2 is 1.50 bits per heavy atom. The van der Waals surface area contributed by atoms with E-state index in [-0.39, 0.29) is 0 Å². The van der Waals surface area contributed by atoms with Crippen LogP contribution in [-0.2, 0) is 0 Å². The summed E-state index contributed by atoms with van der Waals surface area (Å²) in [5.74, 6) is 1.02. The van der Waals surface area contributed by atoms with Crippen molar-refractivity contribution in [3.8, 4) is 5.75 Å². The van der Waals surface area contributed by atoms with Gasteiger partial charge in [0.25, 0.3) is 0 Å². The monoisotopic (exact) mass is 387 g/mol. The maximum absolute atomic E-state index is 6.04. The lowest BCUT2D eigenvalue weighted by atomic mass is 10.1. The number of fused-ring (bicyclic) bond motifs is 2. The van der Waals surface area contributed by atoms with Crippen LogP contribution in [0.1, 0.15) is 58.9 Å². The van der Waals surface area contributed by atoms with E-state index in [9.17, 15) is 0 Å². The van der Waals surface area contributed by atoms with Crippen molar-refractivity contribution in [2.45, 2.75) is 90.6 Å². The van der Waals surface area contributed by atoms with Crippen LogP contribution in [0.2, 0.25) is 0 Å². The fourth-order valence-electron chi connectivity index (χ4n) is 4.64. The van der Waals surface area contributed by atoms with Gasteiger partial charge in [0, 0.05) is 50.3 Å². The Morgan fingerprint density at radius 1 is 0.893 bits per heavy atom. The molecule has 0 aromatic heterocycles. The van der Waals surface area contributed by atoms with Gasteiger partial charge in [-0.2, -0.15) is 0 Å². The van der Waals surface area contributed by atoms with Gasteiger partial charge < -0.3 is 15.0 Å². The van der Waals surface area contributed by atoms with E-state index in [1.54, 1.807) is 0 Å². The molecule has 3 saturated heterocycles. The molecule has 3 aliphatic rings. The molecule has 0 amide bonds. The molecule has 158 valence electrons. The van der Waals surface area contributed by atoms with Gasteiger partial charge in [0.15, 0.2) is 0 Å². The van der Waals surface area contributed by atoms with Crippen molar-refractivity contribution in [3.05, 3.63) is 29.8 Å². The lowest BCUT2D eigenvalue weighted by Crippen LogP contribution is -2.53. The van der Waals surface area contributed by atoms with Crippen LogP contribution in [0.4, 0.5) is 0 Å². The van der Waals surface area contributed by atoms with E-state index in [0.29, 0.717) is 12.1 Å². The summed E-state index contributed by atoms with van der Waals surface area (Å²) in [6, 6.07) is 11.3. The van der Waals surface area contributed by atoms with Crippen LogP contribution in [0.5, 0.6) is 5.75 Å². The molecule has 0 aliphatic carbocycles. The van der Waals surface area contributed by atoms with Gasteiger partial charge in [-0.25, -0.2) is 0 Å². The number of likely N-dealkylation sites (tertiary alicyclic amines) is 2. The molecule has 3 aliphatic heterocycles. The van der Waals surface area contributed by atoms with E-state index in [1.807, 2.05) is 0 Å². The molecule has 4 nitrogen and oxygen atoms in total. The van der Waals surface area contributed by atoms with E-state index in [1.165, 1.54) is 31.5 Å². The molecule has 4 heteroatoms. The topological polar surface area (TPSA) is 27.7 Å². The third-order valence-corrected chi connectivity index (χ3v) is 6.47.